The van der Waals surface area contributed by atoms with Gasteiger partial charge in [-0.05, 0) is 37.5 Å². The fourth-order valence-corrected chi connectivity index (χ4v) is 2.30. The molecule has 1 aliphatic heterocycles. The number of likely N-dealkylation sites (tertiary alicyclic amines) is 1. The van der Waals surface area contributed by atoms with Crippen molar-refractivity contribution in [2.75, 3.05) is 13.1 Å². The van der Waals surface area contributed by atoms with Gasteiger partial charge in [0.1, 0.15) is 0 Å². The molecule has 0 bridgehead atoms. The molecule has 0 atom stereocenters. The highest BCUT2D eigenvalue weighted by Crippen LogP contribution is 2.53. The average molecular weight is 165 g/mol. The van der Waals surface area contributed by atoms with E-state index in [0.29, 0.717) is 17.2 Å². The molecule has 2 saturated carbocycles. The third-order valence-corrected chi connectivity index (χ3v) is 3.63. The largest absolute Gasteiger partial charge is 0.342 e. The van der Waals surface area contributed by atoms with E-state index < -0.39 is 0 Å². The second-order valence-electron chi connectivity index (χ2n) is 4.78. The molecule has 0 aromatic heterocycles. The lowest BCUT2D eigenvalue weighted by Crippen LogP contribution is -2.30. The van der Waals surface area contributed by atoms with Crippen molar-refractivity contribution in [1.82, 2.24) is 4.90 Å². The van der Waals surface area contributed by atoms with Crippen LogP contribution in [0.5, 0.6) is 0 Å². The number of rotatable bonds is 1. The van der Waals surface area contributed by atoms with E-state index in [0.717, 1.165) is 25.9 Å². The summed E-state index contributed by atoms with van der Waals surface area (Å²) in [7, 11) is 0. The Morgan fingerprint density at radius 2 is 2.00 bits per heavy atom. The minimum Gasteiger partial charge on any atom is -0.342 e. The van der Waals surface area contributed by atoms with Crippen molar-refractivity contribution < 1.29 is 4.79 Å². The van der Waals surface area contributed by atoms with E-state index in [1.165, 1.54) is 19.3 Å². The summed E-state index contributed by atoms with van der Waals surface area (Å²) in [5.74, 6) is 0.887. The molecule has 0 aromatic carbocycles. The Balaban J connectivity index is 1.66. The lowest BCUT2D eigenvalue weighted by atomic mass is 10.1. The van der Waals surface area contributed by atoms with Crippen molar-refractivity contribution in [2.45, 2.75) is 32.1 Å². The summed E-state index contributed by atoms with van der Waals surface area (Å²) in [5, 5.41) is 0. The van der Waals surface area contributed by atoms with E-state index >= 15 is 0 Å². The van der Waals surface area contributed by atoms with Gasteiger partial charge in [0.2, 0.25) is 5.91 Å². The standard InChI is InChI=1S/C10H15NO/c12-9(8-1-2-8)11-6-5-10(7-11)3-4-10/h8H,1-7H2. The van der Waals surface area contributed by atoms with Gasteiger partial charge in [-0.15, -0.1) is 0 Å². The summed E-state index contributed by atoms with van der Waals surface area (Å²) in [6.45, 7) is 2.14. The van der Waals surface area contributed by atoms with Crippen molar-refractivity contribution in [1.29, 1.82) is 0 Å². The number of hydrogen-bond donors (Lipinski definition) is 0. The molecule has 2 heteroatoms. The van der Waals surface area contributed by atoms with Crippen molar-refractivity contribution >= 4 is 5.91 Å². The van der Waals surface area contributed by atoms with Crippen LogP contribution in [0, 0.1) is 11.3 Å². The average Bonchev–Trinajstić information content (AvgIpc) is 2.88. The molecule has 0 radical (unpaired) electrons. The van der Waals surface area contributed by atoms with Crippen LogP contribution in [-0.2, 0) is 4.79 Å². The van der Waals surface area contributed by atoms with Crippen LogP contribution in [0.25, 0.3) is 0 Å². The second-order valence-corrected chi connectivity index (χ2v) is 4.78. The molecule has 2 nitrogen and oxygen atoms in total. The van der Waals surface area contributed by atoms with Gasteiger partial charge >= 0.3 is 0 Å². The van der Waals surface area contributed by atoms with E-state index in [1.807, 2.05) is 0 Å². The molecule has 1 heterocycles. The summed E-state index contributed by atoms with van der Waals surface area (Å²) in [4.78, 5) is 13.8. The van der Waals surface area contributed by atoms with Gasteiger partial charge in [0.25, 0.3) is 0 Å². The van der Waals surface area contributed by atoms with Crippen LogP contribution in [-0.4, -0.2) is 23.9 Å². The molecular weight excluding hydrogens is 150 g/mol. The lowest BCUT2D eigenvalue weighted by molar-refractivity contribution is -0.131. The molecule has 2 aliphatic carbocycles. The molecule has 0 unspecified atom stereocenters. The zero-order chi connectivity index (χ0) is 8.18. The Kier molecular flexibility index (Phi) is 1.18. The summed E-state index contributed by atoms with van der Waals surface area (Å²) >= 11 is 0. The summed E-state index contributed by atoms with van der Waals surface area (Å²) < 4.78 is 0. The maximum atomic E-state index is 11.6. The van der Waals surface area contributed by atoms with E-state index in [-0.39, 0.29) is 0 Å². The highest BCUT2D eigenvalue weighted by atomic mass is 16.2. The van der Waals surface area contributed by atoms with Crippen LogP contribution in [0.15, 0.2) is 0 Å². The number of nitrogens with zero attached hydrogens (tertiary/aromatic N) is 1. The van der Waals surface area contributed by atoms with Crippen LogP contribution in [0.3, 0.4) is 0 Å². The number of carbonyl (C=O) groups is 1. The highest BCUT2D eigenvalue weighted by molar-refractivity contribution is 5.81. The Labute approximate surface area is 72.9 Å². The summed E-state index contributed by atoms with van der Waals surface area (Å²) in [6, 6.07) is 0. The van der Waals surface area contributed by atoms with Gasteiger partial charge in [-0.3, -0.25) is 4.79 Å². The van der Waals surface area contributed by atoms with E-state index in [2.05, 4.69) is 4.90 Å². The van der Waals surface area contributed by atoms with Gasteiger partial charge < -0.3 is 4.90 Å². The third kappa shape index (κ3) is 0.970. The molecule has 1 spiro atoms. The van der Waals surface area contributed by atoms with Crippen LogP contribution >= 0.6 is 0 Å². The molecule has 0 aromatic rings. The molecule has 1 saturated heterocycles. The first-order valence-corrected chi connectivity index (χ1v) is 5.08. The van der Waals surface area contributed by atoms with Gasteiger partial charge in [0.05, 0.1) is 0 Å². The maximum absolute atomic E-state index is 11.6. The van der Waals surface area contributed by atoms with E-state index in [9.17, 15) is 4.79 Å². The number of carbonyl (C=O) groups excluding carboxylic acids is 1. The molecular formula is C10H15NO. The minimum absolute atomic E-state index is 0.430. The van der Waals surface area contributed by atoms with Crippen molar-refractivity contribution in [2.24, 2.45) is 11.3 Å². The number of amides is 1. The summed E-state index contributed by atoms with van der Waals surface area (Å²) in [6.07, 6.45) is 6.35. The fraction of sp³-hybridized carbons (Fsp3) is 0.900. The van der Waals surface area contributed by atoms with Crippen molar-refractivity contribution in [3.05, 3.63) is 0 Å². The van der Waals surface area contributed by atoms with E-state index in [4.69, 9.17) is 0 Å². The van der Waals surface area contributed by atoms with Crippen molar-refractivity contribution in [3.63, 3.8) is 0 Å². The summed E-state index contributed by atoms with van der Waals surface area (Å²) in [5.41, 5.74) is 0.616. The lowest BCUT2D eigenvalue weighted by Gasteiger charge is -2.15. The SMILES string of the molecule is O=C(C1CC1)N1CCC2(CC2)C1. The zero-order valence-corrected chi connectivity index (χ0v) is 7.38. The predicted molar refractivity (Wildman–Crippen MR) is 45.6 cm³/mol. The van der Waals surface area contributed by atoms with Crippen LogP contribution in [0.1, 0.15) is 32.1 Å². The first-order valence-electron chi connectivity index (χ1n) is 5.08. The van der Waals surface area contributed by atoms with Gasteiger partial charge in [0, 0.05) is 19.0 Å². The predicted octanol–water partition coefficient (Wildman–Crippen LogP) is 1.41. The van der Waals surface area contributed by atoms with Gasteiger partial charge in [-0.1, -0.05) is 0 Å². The first kappa shape index (κ1) is 6.93. The van der Waals surface area contributed by atoms with Gasteiger partial charge in [-0.2, -0.15) is 0 Å². The molecule has 3 aliphatic rings. The number of hydrogen-bond acceptors (Lipinski definition) is 1. The molecule has 3 fully saturated rings. The van der Waals surface area contributed by atoms with Gasteiger partial charge in [0.15, 0.2) is 0 Å². The van der Waals surface area contributed by atoms with Crippen molar-refractivity contribution in [3.8, 4) is 0 Å². The quantitative estimate of drug-likeness (QED) is 0.575. The Morgan fingerprint density at radius 1 is 1.25 bits per heavy atom. The highest BCUT2D eigenvalue weighted by Gasteiger charge is 2.50. The Hall–Kier alpha value is -0.530. The normalized spacial score (nSPS) is 31.2. The van der Waals surface area contributed by atoms with Crippen LogP contribution < -0.4 is 0 Å². The fourth-order valence-electron chi connectivity index (χ4n) is 2.30. The Morgan fingerprint density at radius 3 is 2.50 bits per heavy atom. The monoisotopic (exact) mass is 165 g/mol. The molecule has 66 valence electrons. The second kappa shape index (κ2) is 2.04. The molecule has 3 rings (SSSR count). The zero-order valence-electron chi connectivity index (χ0n) is 7.38. The maximum Gasteiger partial charge on any atom is 0.225 e. The van der Waals surface area contributed by atoms with Crippen LogP contribution in [0.4, 0.5) is 0 Å². The third-order valence-electron chi connectivity index (χ3n) is 3.63. The van der Waals surface area contributed by atoms with E-state index in [1.54, 1.807) is 0 Å². The van der Waals surface area contributed by atoms with Gasteiger partial charge in [-0.25, -0.2) is 0 Å². The molecule has 1 amide bonds. The minimum atomic E-state index is 0.430. The van der Waals surface area contributed by atoms with Crippen LogP contribution in [0.2, 0.25) is 0 Å². The molecule has 12 heavy (non-hydrogen) atoms. The molecule has 0 N–H and O–H groups in total. The Bertz CT molecular complexity index is 228. The first-order chi connectivity index (χ1) is 5.79. The topological polar surface area (TPSA) is 20.3 Å². The smallest absolute Gasteiger partial charge is 0.225 e.